The molecule has 0 saturated heterocycles. The maximum absolute atomic E-state index is 11.6. The Morgan fingerprint density at radius 1 is 1.30 bits per heavy atom. The van der Waals surface area contributed by atoms with Gasteiger partial charge < -0.3 is 16.0 Å². The third-order valence-electron chi connectivity index (χ3n) is 4.10. The minimum absolute atomic E-state index is 0.0224. The molecule has 1 aromatic rings. The van der Waals surface area contributed by atoms with Crippen molar-refractivity contribution in [1.29, 1.82) is 0 Å². The van der Waals surface area contributed by atoms with E-state index in [0.717, 1.165) is 30.8 Å². The van der Waals surface area contributed by atoms with Crippen LogP contribution in [0.15, 0.2) is 29.3 Å². The van der Waals surface area contributed by atoms with Crippen LogP contribution in [-0.2, 0) is 10.2 Å². The minimum Gasteiger partial charge on any atom is -0.356 e. The van der Waals surface area contributed by atoms with E-state index in [9.17, 15) is 4.79 Å². The first kappa shape index (κ1) is 17.6. The summed E-state index contributed by atoms with van der Waals surface area (Å²) in [5.41, 5.74) is 1.39. The Hall–Kier alpha value is -1.75. The van der Waals surface area contributed by atoms with E-state index in [-0.39, 0.29) is 17.9 Å². The van der Waals surface area contributed by atoms with Crippen molar-refractivity contribution in [2.45, 2.75) is 31.6 Å². The summed E-state index contributed by atoms with van der Waals surface area (Å²) in [5, 5.41) is 9.96. The van der Waals surface area contributed by atoms with Gasteiger partial charge in [0.2, 0.25) is 5.91 Å². The van der Waals surface area contributed by atoms with Gasteiger partial charge in [-0.25, -0.2) is 0 Å². The van der Waals surface area contributed by atoms with E-state index in [1.807, 2.05) is 25.1 Å². The number of carbonyl (C=O) groups excluding carboxylic acids is 1. The number of halogens is 1. The van der Waals surface area contributed by atoms with Crippen LogP contribution in [0.3, 0.4) is 0 Å². The first-order chi connectivity index (χ1) is 11.1. The molecule has 0 aromatic heterocycles. The van der Waals surface area contributed by atoms with Crippen molar-refractivity contribution in [3.05, 3.63) is 34.9 Å². The number of hydrogen-bond acceptors (Lipinski definition) is 2. The molecule has 1 aliphatic rings. The number of guanidine groups is 1. The molecule has 0 spiro atoms. The minimum atomic E-state index is -0.0224. The van der Waals surface area contributed by atoms with E-state index in [4.69, 9.17) is 11.6 Å². The molecule has 0 bridgehead atoms. The molecule has 0 unspecified atom stereocenters. The monoisotopic (exact) mass is 336 g/mol. The molecule has 6 heteroatoms. The van der Waals surface area contributed by atoms with Crippen molar-refractivity contribution < 1.29 is 4.79 Å². The predicted molar refractivity (Wildman–Crippen MR) is 95.0 cm³/mol. The molecule has 1 amide bonds. The Morgan fingerprint density at radius 2 is 2.09 bits per heavy atom. The van der Waals surface area contributed by atoms with E-state index in [1.165, 1.54) is 5.56 Å². The van der Waals surface area contributed by atoms with Crippen molar-refractivity contribution >= 4 is 23.5 Å². The van der Waals surface area contributed by atoms with Crippen molar-refractivity contribution in [3.8, 4) is 0 Å². The van der Waals surface area contributed by atoms with Crippen LogP contribution >= 0.6 is 11.6 Å². The summed E-state index contributed by atoms with van der Waals surface area (Å²) in [4.78, 5) is 15.8. The Bertz CT molecular complexity index is 569. The maximum atomic E-state index is 11.6. The van der Waals surface area contributed by atoms with Crippen LogP contribution in [0.1, 0.15) is 31.7 Å². The molecule has 1 aromatic carbocycles. The van der Waals surface area contributed by atoms with Gasteiger partial charge in [0, 0.05) is 30.6 Å². The summed E-state index contributed by atoms with van der Waals surface area (Å²) in [5.74, 6) is 0.621. The zero-order valence-electron chi connectivity index (χ0n) is 13.8. The van der Waals surface area contributed by atoms with Gasteiger partial charge in [-0.15, -0.1) is 0 Å². The topological polar surface area (TPSA) is 65.5 Å². The molecule has 0 atom stereocenters. The van der Waals surface area contributed by atoms with Gasteiger partial charge in [0.25, 0.3) is 0 Å². The summed E-state index contributed by atoms with van der Waals surface area (Å²) in [6, 6.07) is 8.03. The highest BCUT2D eigenvalue weighted by Gasteiger charge is 2.44. The van der Waals surface area contributed by atoms with Crippen LogP contribution in [0, 0.1) is 0 Å². The first-order valence-electron chi connectivity index (χ1n) is 8.07. The van der Waals surface area contributed by atoms with Gasteiger partial charge in [0.15, 0.2) is 5.96 Å². The predicted octanol–water partition coefficient (Wildman–Crippen LogP) is 2.06. The molecule has 2 rings (SSSR count). The Balaban J connectivity index is 1.83. The quantitative estimate of drug-likeness (QED) is 0.527. The lowest BCUT2D eigenvalue weighted by Crippen LogP contribution is -2.45. The van der Waals surface area contributed by atoms with E-state index >= 15 is 0 Å². The molecular formula is C17H25ClN4O. The van der Waals surface area contributed by atoms with Crippen molar-refractivity contribution in [2.24, 2.45) is 4.99 Å². The number of carbonyl (C=O) groups is 1. The maximum Gasteiger partial charge on any atom is 0.239 e. The number of nitrogens with zero attached hydrogens (tertiary/aromatic N) is 1. The van der Waals surface area contributed by atoms with Crippen LogP contribution in [0.2, 0.25) is 5.02 Å². The Kier molecular flexibility index (Phi) is 6.28. The zero-order valence-corrected chi connectivity index (χ0v) is 14.5. The summed E-state index contributed by atoms with van der Waals surface area (Å²) in [7, 11) is 1.71. The smallest absolute Gasteiger partial charge is 0.239 e. The van der Waals surface area contributed by atoms with Crippen LogP contribution in [0.4, 0.5) is 0 Å². The molecular weight excluding hydrogens is 312 g/mol. The van der Waals surface area contributed by atoms with Crippen LogP contribution in [0.5, 0.6) is 0 Å². The standard InChI is InChI=1S/C17H25ClN4O/c1-3-9-20-15(23)11-21-16(19-2)22-12-17(7-8-17)13-5-4-6-14(18)10-13/h4-6,10H,3,7-9,11-12H2,1-2H3,(H,20,23)(H2,19,21,22). The van der Waals surface area contributed by atoms with E-state index in [2.05, 4.69) is 27.0 Å². The van der Waals surface area contributed by atoms with Crippen molar-refractivity contribution in [3.63, 3.8) is 0 Å². The third-order valence-corrected chi connectivity index (χ3v) is 4.33. The van der Waals surface area contributed by atoms with Crippen LogP contribution in [-0.4, -0.2) is 38.5 Å². The van der Waals surface area contributed by atoms with Gasteiger partial charge in [-0.05, 0) is 37.0 Å². The van der Waals surface area contributed by atoms with Gasteiger partial charge in [0.1, 0.15) is 0 Å². The van der Waals surface area contributed by atoms with Gasteiger partial charge in [-0.1, -0.05) is 30.7 Å². The largest absolute Gasteiger partial charge is 0.356 e. The fourth-order valence-corrected chi connectivity index (χ4v) is 2.69. The average Bonchev–Trinajstić information content (AvgIpc) is 3.34. The second-order valence-electron chi connectivity index (χ2n) is 5.92. The van der Waals surface area contributed by atoms with E-state index in [1.54, 1.807) is 7.05 Å². The number of aliphatic imine (C=N–C) groups is 1. The van der Waals surface area contributed by atoms with Gasteiger partial charge >= 0.3 is 0 Å². The molecule has 0 radical (unpaired) electrons. The first-order valence-corrected chi connectivity index (χ1v) is 8.45. The lowest BCUT2D eigenvalue weighted by molar-refractivity contribution is -0.120. The average molecular weight is 337 g/mol. The van der Waals surface area contributed by atoms with Gasteiger partial charge in [0.05, 0.1) is 6.54 Å². The number of rotatable bonds is 7. The van der Waals surface area contributed by atoms with Gasteiger partial charge in [-0.3, -0.25) is 9.79 Å². The Morgan fingerprint density at radius 3 is 2.70 bits per heavy atom. The zero-order chi connectivity index (χ0) is 16.7. The molecule has 3 N–H and O–H groups in total. The second-order valence-corrected chi connectivity index (χ2v) is 6.36. The van der Waals surface area contributed by atoms with Crippen molar-refractivity contribution in [2.75, 3.05) is 26.7 Å². The highest BCUT2D eigenvalue weighted by atomic mass is 35.5. The van der Waals surface area contributed by atoms with Crippen LogP contribution in [0.25, 0.3) is 0 Å². The SMILES string of the molecule is CCCNC(=O)CNC(=NC)NCC1(c2cccc(Cl)c2)CC1. The number of benzene rings is 1. The highest BCUT2D eigenvalue weighted by Crippen LogP contribution is 2.48. The molecule has 23 heavy (non-hydrogen) atoms. The fraction of sp³-hybridized carbons (Fsp3) is 0.529. The summed E-state index contributed by atoms with van der Waals surface area (Å²) in [6.07, 6.45) is 3.20. The summed E-state index contributed by atoms with van der Waals surface area (Å²) < 4.78 is 0. The van der Waals surface area contributed by atoms with E-state index in [0.29, 0.717) is 12.5 Å². The number of hydrogen-bond donors (Lipinski definition) is 3. The third kappa shape index (κ3) is 5.13. The number of nitrogens with one attached hydrogen (secondary N) is 3. The number of amides is 1. The molecule has 126 valence electrons. The molecule has 1 aliphatic carbocycles. The van der Waals surface area contributed by atoms with Crippen LogP contribution < -0.4 is 16.0 Å². The molecule has 1 fully saturated rings. The molecule has 5 nitrogen and oxygen atoms in total. The van der Waals surface area contributed by atoms with Gasteiger partial charge in [-0.2, -0.15) is 0 Å². The van der Waals surface area contributed by atoms with E-state index < -0.39 is 0 Å². The lowest BCUT2D eigenvalue weighted by atomic mass is 9.96. The lowest BCUT2D eigenvalue weighted by Gasteiger charge is -2.19. The molecule has 0 heterocycles. The molecule has 1 saturated carbocycles. The molecule has 0 aliphatic heterocycles. The summed E-state index contributed by atoms with van der Waals surface area (Å²) in [6.45, 7) is 3.73. The van der Waals surface area contributed by atoms with Crippen molar-refractivity contribution in [1.82, 2.24) is 16.0 Å². The normalized spacial score (nSPS) is 15.9. The Labute approximate surface area is 142 Å². The summed E-state index contributed by atoms with van der Waals surface area (Å²) >= 11 is 6.09. The second kappa shape index (κ2) is 8.20. The fourth-order valence-electron chi connectivity index (χ4n) is 2.50. The highest BCUT2D eigenvalue weighted by molar-refractivity contribution is 6.30.